The number of rotatable bonds is 8. The zero-order valence-electron chi connectivity index (χ0n) is 16.3. The molecule has 156 valence electrons. The number of hydrogen-bond acceptors (Lipinski definition) is 5. The molecule has 1 aromatic carbocycles. The van der Waals surface area contributed by atoms with Gasteiger partial charge >= 0.3 is 0 Å². The summed E-state index contributed by atoms with van der Waals surface area (Å²) in [5.74, 6) is -0.0630. The fourth-order valence-corrected chi connectivity index (χ4v) is 4.85. The molecule has 7 nitrogen and oxygen atoms in total. The first-order valence-electron chi connectivity index (χ1n) is 9.51. The highest BCUT2D eigenvalue weighted by atomic mass is 32.2. The van der Waals surface area contributed by atoms with Gasteiger partial charge in [0.05, 0.1) is 4.90 Å². The molecule has 29 heavy (non-hydrogen) atoms. The van der Waals surface area contributed by atoms with Crippen molar-refractivity contribution in [2.24, 2.45) is 0 Å². The Bertz CT molecular complexity index is 968. The minimum Gasteiger partial charge on any atom is -0.356 e. The molecule has 0 fully saturated rings. The maximum atomic E-state index is 12.4. The molecule has 0 bridgehead atoms. The molecule has 9 heteroatoms. The van der Waals surface area contributed by atoms with Crippen molar-refractivity contribution in [3.63, 3.8) is 0 Å². The van der Waals surface area contributed by atoms with Gasteiger partial charge < -0.3 is 10.2 Å². The lowest BCUT2D eigenvalue weighted by Crippen LogP contribution is -2.37. The molecule has 2 N–H and O–H groups in total. The summed E-state index contributed by atoms with van der Waals surface area (Å²) in [7, 11) is -2.09. The molecular weight excluding hydrogens is 410 g/mol. The van der Waals surface area contributed by atoms with E-state index in [0.29, 0.717) is 25.9 Å². The van der Waals surface area contributed by atoms with Gasteiger partial charge in [-0.05, 0) is 54.6 Å². The van der Waals surface area contributed by atoms with Gasteiger partial charge in [0.25, 0.3) is 0 Å². The standard InChI is InChI=1S/C20H25N3O4S2/c1-21-29(26,27)17-5-2-15(3-6-17)4-7-19(24)22-11-8-20(25)23-12-9-18-16(14-23)10-13-28-18/h2-3,5-6,10,13,21H,4,7-9,11-12,14H2,1H3,(H,22,24). The Hall–Kier alpha value is -2.23. The van der Waals surface area contributed by atoms with E-state index in [4.69, 9.17) is 0 Å². The van der Waals surface area contributed by atoms with Crippen molar-refractivity contribution in [2.75, 3.05) is 20.1 Å². The molecule has 0 aliphatic carbocycles. The monoisotopic (exact) mass is 435 g/mol. The van der Waals surface area contributed by atoms with Crippen LogP contribution in [0.15, 0.2) is 40.6 Å². The summed E-state index contributed by atoms with van der Waals surface area (Å²) in [6.07, 6.45) is 1.99. The van der Waals surface area contributed by atoms with Crippen molar-refractivity contribution in [3.05, 3.63) is 51.7 Å². The number of aryl methyl sites for hydroxylation is 1. The Morgan fingerprint density at radius 2 is 1.90 bits per heavy atom. The number of benzene rings is 1. The van der Waals surface area contributed by atoms with E-state index in [-0.39, 0.29) is 23.1 Å². The van der Waals surface area contributed by atoms with Crippen LogP contribution >= 0.6 is 11.3 Å². The van der Waals surface area contributed by atoms with Gasteiger partial charge in [-0.15, -0.1) is 11.3 Å². The number of sulfonamides is 1. The van der Waals surface area contributed by atoms with Crippen LogP contribution in [-0.4, -0.2) is 45.3 Å². The highest BCUT2D eigenvalue weighted by Crippen LogP contribution is 2.24. The molecule has 2 heterocycles. The van der Waals surface area contributed by atoms with Crippen molar-refractivity contribution >= 4 is 33.2 Å². The Kier molecular flexibility index (Phi) is 7.05. The lowest BCUT2D eigenvalue weighted by molar-refractivity contribution is -0.132. The summed E-state index contributed by atoms with van der Waals surface area (Å²) in [5.41, 5.74) is 2.11. The number of thiophene rings is 1. The fraction of sp³-hybridized carbons (Fsp3) is 0.400. The first kappa shape index (κ1) is 21.5. The van der Waals surface area contributed by atoms with E-state index >= 15 is 0 Å². The van der Waals surface area contributed by atoms with E-state index in [0.717, 1.165) is 18.5 Å². The van der Waals surface area contributed by atoms with E-state index in [2.05, 4.69) is 21.5 Å². The van der Waals surface area contributed by atoms with E-state index < -0.39 is 10.0 Å². The first-order valence-corrected chi connectivity index (χ1v) is 11.9. The van der Waals surface area contributed by atoms with E-state index in [1.165, 1.54) is 29.6 Å². The zero-order chi connectivity index (χ0) is 20.9. The summed E-state index contributed by atoms with van der Waals surface area (Å²) >= 11 is 1.74. The van der Waals surface area contributed by atoms with Crippen LogP contribution in [0.1, 0.15) is 28.8 Å². The second kappa shape index (κ2) is 9.51. The first-order chi connectivity index (χ1) is 13.9. The normalized spacial score (nSPS) is 13.8. The minimum absolute atomic E-state index is 0.0588. The van der Waals surface area contributed by atoms with Crippen LogP contribution in [-0.2, 0) is 39.0 Å². The highest BCUT2D eigenvalue weighted by molar-refractivity contribution is 7.89. The number of hydrogen-bond donors (Lipinski definition) is 2. The van der Waals surface area contributed by atoms with Crippen LogP contribution in [0.5, 0.6) is 0 Å². The Labute approximate surface area is 175 Å². The van der Waals surface area contributed by atoms with E-state index in [1.54, 1.807) is 23.5 Å². The molecule has 0 spiro atoms. The molecule has 3 rings (SSSR count). The molecule has 1 aliphatic heterocycles. The van der Waals surface area contributed by atoms with Crippen molar-refractivity contribution in [1.82, 2.24) is 14.9 Å². The third-order valence-corrected chi connectivity index (χ3v) is 7.42. The second-order valence-corrected chi connectivity index (χ2v) is 9.77. The van der Waals surface area contributed by atoms with Crippen LogP contribution in [0.4, 0.5) is 0 Å². The molecule has 1 aromatic heterocycles. The lowest BCUT2D eigenvalue weighted by atomic mass is 10.1. The Morgan fingerprint density at radius 1 is 1.14 bits per heavy atom. The number of fused-ring (bicyclic) bond motifs is 1. The Balaban J connectivity index is 1.37. The van der Waals surface area contributed by atoms with Gasteiger partial charge in [0.2, 0.25) is 21.8 Å². The number of carbonyl (C=O) groups excluding carboxylic acids is 2. The van der Waals surface area contributed by atoms with Crippen LogP contribution in [0, 0.1) is 0 Å². The molecule has 0 atom stereocenters. The maximum Gasteiger partial charge on any atom is 0.240 e. The summed E-state index contributed by atoms with van der Waals surface area (Å²) < 4.78 is 25.7. The van der Waals surface area contributed by atoms with E-state index in [9.17, 15) is 18.0 Å². The van der Waals surface area contributed by atoms with Crippen molar-refractivity contribution in [2.45, 2.75) is 37.1 Å². The maximum absolute atomic E-state index is 12.4. The predicted molar refractivity (Wildman–Crippen MR) is 112 cm³/mol. The van der Waals surface area contributed by atoms with Crippen molar-refractivity contribution in [3.8, 4) is 0 Å². The van der Waals surface area contributed by atoms with Gasteiger partial charge in [0.15, 0.2) is 0 Å². The van der Waals surface area contributed by atoms with Gasteiger partial charge in [0, 0.05) is 37.4 Å². The van der Waals surface area contributed by atoms with Gasteiger partial charge in [-0.1, -0.05) is 12.1 Å². The van der Waals surface area contributed by atoms with E-state index in [1.807, 2.05) is 4.90 Å². The molecular formula is C20H25N3O4S2. The quantitative estimate of drug-likeness (QED) is 0.659. The summed E-state index contributed by atoms with van der Waals surface area (Å²) in [4.78, 5) is 27.8. The topological polar surface area (TPSA) is 95.6 Å². The second-order valence-electron chi connectivity index (χ2n) is 6.89. The summed E-state index contributed by atoms with van der Waals surface area (Å²) in [5, 5.41) is 4.85. The number of carbonyl (C=O) groups is 2. The molecule has 0 radical (unpaired) electrons. The number of nitrogens with zero attached hydrogens (tertiary/aromatic N) is 1. The van der Waals surface area contributed by atoms with Gasteiger partial charge in [-0.2, -0.15) is 0 Å². The average molecular weight is 436 g/mol. The number of nitrogens with one attached hydrogen (secondary N) is 2. The third kappa shape index (κ3) is 5.65. The van der Waals surface area contributed by atoms with Gasteiger partial charge in [-0.25, -0.2) is 13.1 Å². The zero-order valence-corrected chi connectivity index (χ0v) is 17.9. The minimum atomic E-state index is -3.45. The smallest absolute Gasteiger partial charge is 0.240 e. The van der Waals surface area contributed by atoms with Crippen LogP contribution in [0.3, 0.4) is 0 Å². The summed E-state index contributed by atoms with van der Waals surface area (Å²) in [6, 6.07) is 8.53. The summed E-state index contributed by atoms with van der Waals surface area (Å²) in [6.45, 7) is 1.72. The lowest BCUT2D eigenvalue weighted by Gasteiger charge is -2.27. The highest BCUT2D eigenvalue weighted by Gasteiger charge is 2.21. The van der Waals surface area contributed by atoms with Crippen LogP contribution < -0.4 is 10.0 Å². The molecule has 2 amide bonds. The fourth-order valence-electron chi connectivity index (χ4n) is 3.23. The molecule has 2 aromatic rings. The Morgan fingerprint density at radius 3 is 2.62 bits per heavy atom. The van der Waals surface area contributed by atoms with Crippen molar-refractivity contribution in [1.29, 1.82) is 0 Å². The SMILES string of the molecule is CNS(=O)(=O)c1ccc(CCC(=O)NCCC(=O)N2CCc3sccc3C2)cc1. The molecule has 1 aliphatic rings. The molecule has 0 saturated carbocycles. The molecule has 0 unspecified atom stereocenters. The van der Waals surface area contributed by atoms with Gasteiger partial charge in [0.1, 0.15) is 0 Å². The number of amides is 2. The van der Waals surface area contributed by atoms with Gasteiger partial charge in [-0.3, -0.25) is 9.59 Å². The predicted octanol–water partition coefficient (Wildman–Crippen LogP) is 1.68. The third-order valence-electron chi connectivity index (χ3n) is 4.96. The molecule has 0 saturated heterocycles. The van der Waals surface area contributed by atoms with Crippen LogP contribution in [0.25, 0.3) is 0 Å². The van der Waals surface area contributed by atoms with Crippen LogP contribution in [0.2, 0.25) is 0 Å². The largest absolute Gasteiger partial charge is 0.356 e. The van der Waals surface area contributed by atoms with Crippen molar-refractivity contribution < 1.29 is 18.0 Å². The average Bonchev–Trinajstić information content (AvgIpc) is 3.20.